The molecule has 0 unspecified atom stereocenters. The maximum absolute atomic E-state index is 13.1. The number of aromatic nitrogens is 1. The van der Waals surface area contributed by atoms with E-state index in [1.165, 1.54) is 18.5 Å². The van der Waals surface area contributed by atoms with E-state index in [1.54, 1.807) is 37.4 Å². The van der Waals surface area contributed by atoms with Crippen LogP contribution >= 0.6 is 0 Å². The van der Waals surface area contributed by atoms with E-state index in [0.29, 0.717) is 126 Å². The van der Waals surface area contributed by atoms with Gasteiger partial charge in [-0.2, -0.15) is 0 Å². The Morgan fingerprint density at radius 2 is 1.16 bits per heavy atom. The molecule has 2 aliphatic heterocycles. The van der Waals surface area contributed by atoms with Gasteiger partial charge in [-0.05, 0) is 125 Å². The molecule has 3 aromatic rings. The number of carbonyl (C=O) groups is 2. The van der Waals surface area contributed by atoms with Crippen LogP contribution in [0, 0.1) is 28.6 Å². The number of nitrogens with one attached hydrogen (secondary N) is 3. The lowest BCUT2D eigenvalue weighted by Gasteiger charge is -2.40. The highest BCUT2D eigenvalue weighted by atomic mass is 32.2. The fourth-order valence-corrected chi connectivity index (χ4v) is 12.4. The van der Waals surface area contributed by atoms with Crippen LogP contribution < -0.4 is 14.8 Å². The number of ether oxygens (including phenoxy) is 2. The summed E-state index contributed by atoms with van der Waals surface area (Å²) in [5.41, 5.74) is 2.93. The third kappa shape index (κ3) is 10.7. The zero-order valence-corrected chi connectivity index (χ0v) is 39.6. The van der Waals surface area contributed by atoms with E-state index in [2.05, 4.69) is 37.2 Å². The number of sulfonamides is 2. The molecule has 2 saturated heterocycles. The SMILES string of the molecule is CNc1cc(S(=O)(=O)NC2CCC(C)(C(=O)N3CCOCC3)CC2)ccc1C#CC1CC1.Cn1c(C2CC2)cc2ccc(S(=O)(=O)NC3CCC(C)(C(=O)N4CCOCC4)CC3)cc21. The van der Waals surface area contributed by atoms with Crippen molar-refractivity contribution in [3.8, 4) is 11.8 Å². The van der Waals surface area contributed by atoms with Crippen LogP contribution in [0.4, 0.5) is 5.69 Å². The van der Waals surface area contributed by atoms with Gasteiger partial charge in [0.05, 0.1) is 41.9 Å². The van der Waals surface area contributed by atoms with Crippen LogP contribution in [-0.2, 0) is 46.2 Å². The molecule has 0 bridgehead atoms. The van der Waals surface area contributed by atoms with Crippen LogP contribution in [0.5, 0.6) is 0 Å². The topological polar surface area (TPSA) is 168 Å². The lowest BCUT2D eigenvalue weighted by molar-refractivity contribution is -0.148. The molecular weight excluding hydrogens is 853 g/mol. The smallest absolute Gasteiger partial charge is 0.240 e. The number of amides is 2. The molecule has 2 aromatic carbocycles. The quantitative estimate of drug-likeness (QED) is 0.216. The van der Waals surface area contributed by atoms with Gasteiger partial charge in [0.15, 0.2) is 0 Å². The Bertz CT molecular complexity index is 2480. The van der Waals surface area contributed by atoms with Gasteiger partial charge in [0.2, 0.25) is 31.9 Å². The average Bonchev–Trinajstić information content (AvgIpc) is 4.26. The minimum atomic E-state index is -3.66. The molecule has 6 fully saturated rings. The number of carbonyl (C=O) groups excluding carboxylic acids is 2. The zero-order chi connectivity index (χ0) is 45.3. The summed E-state index contributed by atoms with van der Waals surface area (Å²) in [7, 11) is -3.48. The first-order chi connectivity index (χ1) is 30.6. The maximum atomic E-state index is 13.1. The maximum Gasteiger partial charge on any atom is 0.240 e. The Hall–Kier alpha value is -3.98. The minimum Gasteiger partial charge on any atom is -0.387 e. The van der Waals surface area contributed by atoms with E-state index < -0.39 is 30.9 Å². The van der Waals surface area contributed by atoms with Gasteiger partial charge in [0.25, 0.3) is 0 Å². The lowest BCUT2D eigenvalue weighted by Crippen LogP contribution is -2.50. The van der Waals surface area contributed by atoms with Crippen LogP contribution in [0.3, 0.4) is 0 Å². The fraction of sp³-hybridized carbons (Fsp3) is 0.625. The predicted octanol–water partition coefficient (Wildman–Crippen LogP) is 5.72. The van der Waals surface area contributed by atoms with Crippen LogP contribution in [0.15, 0.2) is 52.3 Å². The molecule has 9 rings (SSSR count). The highest BCUT2D eigenvalue weighted by molar-refractivity contribution is 7.89. The first kappa shape index (κ1) is 46.5. The van der Waals surface area contributed by atoms with E-state index in [0.717, 1.165) is 29.3 Å². The van der Waals surface area contributed by atoms with Crippen molar-refractivity contribution in [3.63, 3.8) is 0 Å². The molecule has 16 heteroatoms. The molecule has 1 aromatic heterocycles. The summed E-state index contributed by atoms with van der Waals surface area (Å²) in [5, 5.41) is 4.15. The lowest BCUT2D eigenvalue weighted by atomic mass is 9.73. The number of hydrogen-bond donors (Lipinski definition) is 3. The Morgan fingerprint density at radius 1 is 0.672 bits per heavy atom. The van der Waals surface area contributed by atoms with Gasteiger partial charge in [0.1, 0.15) is 0 Å². The molecule has 0 spiro atoms. The Morgan fingerprint density at radius 3 is 1.62 bits per heavy atom. The molecule has 0 atom stereocenters. The van der Waals surface area contributed by atoms with Crippen LogP contribution in [-0.4, -0.2) is 115 Å². The number of rotatable bonds is 10. The molecule has 0 radical (unpaired) electrons. The molecule has 4 saturated carbocycles. The normalized spacial score (nSPS) is 26.6. The molecule has 3 N–H and O–H groups in total. The highest BCUT2D eigenvalue weighted by Crippen LogP contribution is 2.43. The van der Waals surface area contributed by atoms with Crippen molar-refractivity contribution in [1.29, 1.82) is 0 Å². The van der Waals surface area contributed by atoms with Crippen LogP contribution in [0.25, 0.3) is 10.9 Å². The number of morpholine rings is 2. The van der Waals surface area contributed by atoms with Crippen molar-refractivity contribution in [3.05, 3.63) is 53.7 Å². The summed E-state index contributed by atoms with van der Waals surface area (Å²) in [4.78, 5) is 30.4. The Labute approximate surface area is 379 Å². The Kier molecular flexibility index (Phi) is 13.9. The van der Waals surface area contributed by atoms with Crippen molar-refractivity contribution >= 4 is 48.5 Å². The molecule has 4 aliphatic carbocycles. The second-order valence-corrected chi connectivity index (χ2v) is 22.8. The number of hydrogen-bond acceptors (Lipinski definition) is 9. The summed E-state index contributed by atoms with van der Waals surface area (Å²) in [6.45, 7) is 8.97. The monoisotopic (exact) mass is 918 g/mol. The van der Waals surface area contributed by atoms with Gasteiger partial charge in [-0.3, -0.25) is 9.59 Å². The number of aryl methyl sites for hydroxylation is 1. The van der Waals surface area contributed by atoms with Crippen molar-refractivity contribution < 1.29 is 35.9 Å². The first-order valence-corrected chi connectivity index (χ1v) is 26.3. The molecule has 2 amide bonds. The van der Waals surface area contributed by atoms with Gasteiger partial charge in [-0.1, -0.05) is 31.8 Å². The van der Waals surface area contributed by atoms with E-state index in [4.69, 9.17) is 9.47 Å². The van der Waals surface area contributed by atoms with Gasteiger partial charge < -0.3 is 29.2 Å². The zero-order valence-electron chi connectivity index (χ0n) is 37.9. The summed E-state index contributed by atoms with van der Waals surface area (Å²) >= 11 is 0. The number of benzene rings is 2. The predicted molar refractivity (Wildman–Crippen MR) is 247 cm³/mol. The molecule has 6 aliphatic rings. The number of nitrogens with zero attached hydrogens (tertiary/aromatic N) is 3. The minimum absolute atomic E-state index is 0.142. The van der Waals surface area contributed by atoms with Crippen LogP contribution in [0.1, 0.15) is 108 Å². The Balaban J connectivity index is 0.000000175. The molecular formula is C48H66N6O8S2. The average molecular weight is 919 g/mol. The fourth-order valence-electron chi connectivity index (χ4n) is 9.73. The van der Waals surface area contributed by atoms with Crippen molar-refractivity contribution in [2.75, 3.05) is 65.0 Å². The standard InChI is InChI=1S/2C24H33N3O4S/c1-24(23(28)27-11-13-31-14-12-27)9-7-19(8-10-24)25-32(29,30)20-6-5-18-15-21(17-3-4-17)26(2)22(18)16-20;1-24(23(28)27-13-15-31-16-14-27)11-9-20(10-12-24)26-32(29,30)21-8-7-19(22(17-21)25-2)6-5-18-3-4-18/h5-6,15-17,19,25H,3-4,7-14H2,1-2H3;7-8,17-18,20,25-26H,3-4,9-16H2,1-2H3. The van der Waals surface area contributed by atoms with Crippen molar-refractivity contribution in [1.82, 2.24) is 23.8 Å². The van der Waals surface area contributed by atoms with E-state index >= 15 is 0 Å². The molecule has 3 heterocycles. The third-order valence-corrected chi connectivity index (χ3v) is 17.4. The molecule has 348 valence electrons. The summed E-state index contributed by atoms with van der Waals surface area (Å²) in [6.07, 6.45) is 10.1. The first-order valence-electron chi connectivity index (χ1n) is 23.3. The van der Waals surface area contributed by atoms with Crippen LogP contribution in [0.2, 0.25) is 0 Å². The van der Waals surface area contributed by atoms with Gasteiger partial charge in [0, 0.05) is 85.9 Å². The summed E-state index contributed by atoms with van der Waals surface area (Å²) in [5.74, 6) is 7.83. The van der Waals surface area contributed by atoms with Gasteiger partial charge in [-0.15, -0.1) is 0 Å². The van der Waals surface area contributed by atoms with Gasteiger partial charge >= 0.3 is 0 Å². The van der Waals surface area contributed by atoms with Gasteiger partial charge in [-0.25, -0.2) is 26.3 Å². The van der Waals surface area contributed by atoms with Crippen molar-refractivity contribution in [2.24, 2.45) is 23.8 Å². The second-order valence-electron chi connectivity index (χ2n) is 19.3. The third-order valence-electron chi connectivity index (χ3n) is 14.4. The summed E-state index contributed by atoms with van der Waals surface area (Å²) < 4.78 is 71.0. The van der Waals surface area contributed by atoms with E-state index in [9.17, 15) is 26.4 Å². The number of fused-ring (bicyclic) bond motifs is 1. The van der Waals surface area contributed by atoms with E-state index in [1.807, 2.05) is 36.8 Å². The second kappa shape index (κ2) is 19.1. The van der Waals surface area contributed by atoms with Crippen molar-refractivity contribution in [2.45, 2.75) is 119 Å². The highest BCUT2D eigenvalue weighted by Gasteiger charge is 2.43. The largest absolute Gasteiger partial charge is 0.387 e. The molecule has 14 nitrogen and oxygen atoms in total. The number of anilines is 1. The molecule has 64 heavy (non-hydrogen) atoms. The van der Waals surface area contributed by atoms with E-state index in [-0.39, 0.29) is 28.8 Å². The summed E-state index contributed by atoms with van der Waals surface area (Å²) in [6, 6.07) is 12.3.